The van der Waals surface area contributed by atoms with Crippen molar-refractivity contribution in [2.75, 3.05) is 26.3 Å². The van der Waals surface area contributed by atoms with Gasteiger partial charge in [0, 0.05) is 31.5 Å². The van der Waals surface area contributed by atoms with Crippen LogP contribution in [-0.2, 0) is 4.79 Å². The zero-order valence-electron chi connectivity index (χ0n) is 12.7. The lowest BCUT2D eigenvalue weighted by molar-refractivity contribution is -0.131. The molecule has 1 rings (SSSR count). The van der Waals surface area contributed by atoms with Crippen LogP contribution in [0.25, 0.3) is 0 Å². The van der Waals surface area contributed by atoms with Gasteiger partial charge in [0.25, 0.3) is 0 Å². The SMILES string of the molecule is CCOc1ccc(C(=O)CCC(=O)N(CC)CCO)cc1. The summed E-state index contributed by atoms with van der Waals surface area (Å²) in [5, 5.41) is 8.87. The van der Waals surface area contributed by atoms with Crippen LogP contribution < -0.4 is 4.74 Å². The Morgan fingerprint density at radius 3 is 2.33 bits per heavy atom. The summed E-state index contributed by atoms with van der Waals surface area (Å²) in [5.41, 5.74) is 0.580. The van der Waals surface area contributed by atoms with Crippen LogP contribution in [0.5, 0.6) is 5.75 Å². The maximum Gasteiger partial charge on any atom is 0.223 e. The molecule has 0 atom stereocenters. The van der Waals surface area contributed by atoms with E-state index in [1.165, 1.54) is 0 Å². The Labute approximate surface area is 125 Å². The minimum atomic E-state index is -0.106. The maximum absolute atomic E-state index is 12.0. The largest absolute Gasteiger partial charge is 0.494 e. The Morgan fingerprint density at radius 2 is 1.81 bits per heavy atom. The molecule has 0 spiro atoms. The van der Waals surface area contributed by atoms with Gasteiger partial charge >= 0.3 is 0 Å². The number of hydrogen-bond donors (Lipinski definition) is 1. The Kier molecular flexibility index (Phi) is 7.46. The highest BCUT2D eigenvalue weighted by atomic mass is 16.5. The molecule has 5 nitrogen and oxygen atoms in total. The molecule has 1 N–H and O–H groups in total. The average Bonchev–Trinajstić information content (AvgIpc) is 2.51. The number of amides is 1. The second-order valence-electron chi connectivity index (χ2n) is 4.58. The molecule has 1 amide bonds. The summed E-state index contributed by atoms with van der Waals surface area (Å²) in [4.78, 5) is 25.5. The van der Waals surface area contributed by atoms with Gasteiger partial charge in [-0.2, -0.15) is 0 Å². The van der Waals surface area contributed by atoms with Crippen LogP contribution in [-0.4, -0.2) is 48.0 Å². The van der Waals surface area contributed by atoms with E-state index in [0.29, 0.717) is 25.3 Å². The van der Waals surface area contributed by atoms with E-state index in [9.17, 15) is 9.59 Å². The van der Waals surface area contributed by atoms with Crippen molar-refractivity contribution < 1.29 is 19.4 Å². The highest BCUT2D eigenvalue weighted by Crippen LogP contribution is 2.14. The van der Waals surface area contributed by atoms with Gasteiger partial charge in [-0.25, -0.2) is 0 Å². The van der Waals surface area contributed by atoms with Gasteiger partial charge in [-0.1, -0.05) is 0 Å². The van der Waals surface area contributed by atoms with E-state index in [2.05, 4.69) is 0 Å². The van der Waals surface area contributed by atoms with Crippen LogP contribution >= 0.6 is 0 Å². The van der Waals surface area contributed by atoms with Crippen LogP contribution in [0.1, 0.15) is 37.0 Å². The molecule has 0 saturated carbocycles. The number of carbonyl (C=O) groups is 2. The molecular formula is C16H23NO4. The van der Waals surface area contributed by atoms with Crippen molar-refractivity contribution in [1.29, 1.82) is 0 Å². The normalized spacial score (nSPS) is 10.2. The molecule has 0 aliphatic heterocycles. The highest BCUT2D eigenvalue weighted by Gasteiger charge is 2.14. The quantitative estimate of drug-likeness (QED) is 0.706. The number of nitrogens with zero attached hydrogens (tertiary/aromatic N) is 1. The molecule has 0 aliphatic carbocycles. The van der Waals surface area contributed by atoms with Gasteiger partial charge in [0.2, 0.25) is 5.91 Å². The minimum absolute atomic E-state index is 0.0631. The molecule has 0 fully saturated rings. The zero-order valence-corrected chi connectivity index (χ0v) is 12.7. The van der Waals surface area contributed by atoms with Crippen LogP contribution in [0.4, 0.5) is 0 Å². The standard InChI is InChI=1S/C16H23NO4/c1-3-17(11-12-18)16(20)10-9-15(19)13-5-7-14(8-6-13)21-4-2/h5-8,18H,3-4,9-12H2,1-2H3. The fraction of sp³-hybridized carbons (Fsp3) is 0.500. The van der Waals surface area contributed by atoms with E-state index in [4.69, 9.17) is 9.84 Å². The van der Waals surface area contributed by atoms with E-state index in [1.807, 2.05) is 13.8 Å². The predicted octanol–water partition coefficient (Wildman–Crippen LogP) is 1.89. The van der Waals surface area contributed by atoms with Gasteiger partial charge < -0.3 is 14.7 Å². The molecule has 5 heteroatoms. The molecule has 116 valence electrons. The summed E-state index contributed by atoms with van der Waals surface area (Å²) in [5.74, 6) is 0.558. The van der Waals surface area contributed by atoms with Crippen LogP contribution in [0.3, 0.4) is 0 Å². The van der Waals surface area contributed by atoms with E-state index in [1.54, 1.807) is 29.2 Å². The van der Waals surface area contributed by atoms with Crippen molar-refractivity contribution in [3.63, 3.8) is 0 Å². The van der Waals surface area contributed by atoms with Crippen LogP contribution in [0.2, 0.25) is 0 Å². The van der Waals surface area contributed by atoms with Gasteiger partial charge in [-0.05, 0) is 38.1 Å². The fourth-order valence-electron chi connectivity index (χ4n) is 2.01. The van der Waals surface area contributed by atoms with Gasteiger partial charge in [-0.15, -0.1) is 0 Å². The second kappa shape index (κ2) is 9.13. The minimum Gasteiger partial charge on any atom is -0.494 e. The topological polar surface area (TPSA) is 66.8 Å². The third-order valence-electron chi connectivity index (χ3n) is 3.16. The number of aliphatic hydroxyl groups is 1. The summed E-state index contributed by atoms with van der Waals surface area (Å²) in [6.45, 7) is 5.12. The first-order valence-electron chi connectivity index (χ1n) is 7.27. The lowest BCUT2D eigenvalue weighted by Crippen LogP contribution is -2.33. The Morgan fingerprint density at radius 1 is 1.14 bits per heavy atom. The Hall–Kier alpha value is -1.88. The van der Waals surface area contributed by atoms with Crippen molar-refractivity contribution in [3.8, 4) is 5.75 Å². The van der Waals surface area contributed by atoms with E-state index >= 15 is 0 Å². The maximum atomic E-state index is 12.0. The molecule has 0 aliphatic rings. The van der Waals surface area contributed by atoms with Crippen LogP contribution in [0.15, 0.2) is 24.3 Å². The average molecular weight is 293 g/mol. The first kappa shape index (κ1) is 17.2. The molecular weight excluding hydrogens is 270 g/mol. The van der Waals surface area contributed by atoms with E-state index < -0.39 is 0 Å². The fourth-order valence-corrected chi connectivity index (χ4v) is 2.01. The third kappa shape index (κ3) is 5.55. The lowest BCUT2D eigenvalue weighted by Gasteiger charge is -2.19. The third-order valence-corrected chi connectivity index (χ3v) is 3.16. The summed E-state index contributed by atoms with van der Waals surface area (Å²) in [7, 11) is 0. The van der Waals surface area contributed by atoms with E-state index in [0.717, 1.165) is 5.75 Å². The molecule has 0 unspecified atom stereocenters. The van der Waals surface area contributed by atoms with Gasteiger partial charge in [-0.3, -0.25) is 9.59 Å². The number of ether oxygens (including phenoxy) is 1. The summed E-state index contributed by atoms with van der Waals surface area (Å²) >= 11 is 0. The summed E-state index contributed by atoms with van der Waals surface area (Å²) < 4.78 is 5.32. The van der Waals surface area contributed by atoms with Crippen molar-refractivity contribution in [1.82, 2.24) is 4.90 Å². The Balaban J connectivity index is 2.51. The molecule has 0 radical (unpaired) electrons. The first-order chi connectivity index (χ1) is 10.1. The summed E-state index contributed by atoms with van der Waals surface area (Å²) in [6.07, 6.45) is 0.342. The molecule has 0 aromatic heterocycles. The zero-order chi connectivity index (χ0) is 15.7. The molecule has 21 heavy (non-hydrogen) atoms. The monoisotopic (exact) mass is 293 g/mol. The number of hydrogen-bond acceptors (Lipinski definition) is 4. The lowest BCUT2D eigenvalue weighted by atomic mass is 10.1. The molecule has 1 aromatic rings. The molecule has 0 saturated heterocycles. The van der Waals surface area contributed by atoms with Crippen LogP contribution in [0, 0.1) is 0 Å². The Bertz CT molecular complexity index is 456. The molecule has 1 aromatic carbocycles. The summed E-state index contributed by atoms with van der Waals surface area (Å²) in [6, 6.07) is 6.93. The van der Waals surface area contributed by atoms with Crippen molar-refractivity contribution in [2.45, 2.75) is 26.7 Å². The number of benzene rings is 1. The number of Topliss-reactive ketones (excluding diaryl/α,β-unsaturated/α-hetero) is 1. The first-order valence-corrected chi connectivity index (χ1v) is 7.27. The van der Waals surface area contributed by atoms with Crippen molar-refractivity contribution in [3.05, 3.63) is 29.8 Å². The number of likely N-dealkylation sites (N-methyl/N-ethyl adjacent to an activating group) is 1. The van der Waals surface area contributed by atoms with Gasteiger partial charge in [0.05, 0.1) is 13.2 Å². The van der Waals surface area contributed by atoms with E-state index in [-0.39, 0.29) is 31.1 Å². The second-order valence-corrected chi connectivity index (χ2v) is 4.58. The van der Waals surface area contributed by atoms with Gasteiger partial charge in [0.15, 0.2) is 5.78 Å². The smallest absolute Gasteiger partial charge is 0.223 e. The predicted molar refractivity (Wildman–Crippen MR) is 80.5 cm³/mol. The molecule has 0 bridgehead atoms. The van der Waals surface area contributed by atoms with Crippen molar-refractivity contribution in [2.24, 2.45) is 0 Å². The number of ketones is 1. The van der Waals surface area contributed by atoms with Crippen molar-refractivity contribution >= 4 is 11.7 Å². The van der Waals surface area contributed by atoms with Gasteiger partial charge in [0.1, 0.15) is 5.75 Å². The molecule has 0 heterocycles. The number of rotatable bonds is 9. The number of aliphatic hydroxyl groups excluding tert-OH is 1. The highest BCUT2D eigenvalue weighted by molar-refractivity contribution is 5.98. The number of carbonyl (C=O) groups excluding carboxylic acids is 2.